The molecule has 3 heterocycles. The Morgan fingerprint density at radius 1 is 1.15 bits per heavy atom. The Bertz CT molecular complexity index is 1460. The number of nitrogen functional groups attached to an aromatic ring is 1. The third-order valence-corrected chi connectivity index (χ3v) is 9.92. The number of aromatic nitrogens is 4. The number of benzene rings is 1. The van der Waals surface area contributed by atoms with Crippen LogP contribution < -0.4 is 5.73 Å². The van der Waals surface area contributed by atoms with E-state index in [1.807, 2.05) is 0 Å². The van der Waals surface area contributed by atoms with Crippen molar-refractivity contribution in [2.75, 3.05) is 12.3 Å². The van der Waals surface area contributed by atoms with Crippen LogP contribution in [0.4, 0.5) is 5.82 Å². The number of anilines is 1. The summed E-state index contributed by atoms with van der Waals surface area (Å²) >= 11 is 0. The summed E-state index contributed by atoms with van der Waals surface area (Å²) in [7, 11) is 0. The van der Waals surface area contributed by atoms with Gasteiger partial charge < -0.3 is 30.5 Å². The average Bonchev–Trinajstić information content (AvgIpc) is 3.59. The molecule has 5 N–H and O–H groups in total. The van der Waals surface area contributed by atoms with E-state index in [9.17, 15) is 20.1 Å². The summed E-state index contributed by atoms with van der Waals surface area (Å²) in [5.74, 6) is 1.03. The number of carbonyl (C=O) groups is 1. The van der Waals surface area contributed by atoms with Crippen molar-refractivity contribution in [2.45, 2.75) is 75.9 Å². The van der Waals surface area contributed by atoms with E-state index in [0.29, 0.717) is 36.2 Å². The predicted molar refractivity (Wildman–Crippen MR) is 139 cm³/mol. The minimum absolute atomic E-state index is 0.140. The van der Waals surface area contributed by atoms with Crippen molar-refractivity contribution in [3.8, 4) is 11.5 Å². The molecular weight excluding hydrogens is 502 g/mol. The topological polar surface area (TPSA) is 166 Å². The van der Waals surface area contributed by atoms with Gasteiger partial charge in [0.05, 0.1) is 25.1 Å². The Labute approximate surface area is 225 Å². The van der Waals surface area contributed by atoms with E-state index in [2.05, 4.69) is 21.9 Å². The minimum atomic E-state index is -0.763. The zero-order chi connectivity index (χ0) is 27.1. The minimum Gasteiger partial charge on any atom is -0.504 e. The van der Waals surface area contributed by atoms with E-state index < -0.39 is 18.4 Å². The maximum atomic E-state index is 12.8. The van der Waals surface area contributed by atoms with Gasteiger partial charge in [-0.1, -0.05) is 6.92 Å². The summed E-state index contributed by atoms with van der Waals surface area (Å²) < 4.78 is 14.4. The molecule has 0 bridgehead atoms. The first-order valence-electron chi connectivity index (χ1n) is 13.7. The van der Waals surface area contributed by atoms with Crippen LogP contribution in [0, 0.1) is 17.3 Å². The number of ether oxygens (including phenoxy) is 2. The van der Waals surface area contributed by atoms with Crippen molar-refractivity contribution in [2.24, 2.45) is 17.3 Å². The highest BCUT2D eigenvalue weighted by atomic mass is 16.6. The predicted octanol–water partition coefficient (Wildman–Crippen LogP) is 3.11. The molecule has 2 aromatic heterocycles. The van der Waals surface area contributed by atoms with Crippen molar-refractivity contribution >= 4 is 22.8 Å². The number of phenolic OH excluding ortho intramolecular Hbond substituents is 2. The molecular formula is C28H33N5O6. The molecule has 4 aliphatic rings. The third-order valence-electron chi connectivity index (χ3n) is 9.92. The molecule has 0 amide bonds. The lowest BCUT2D eigenvalue weighted by Gasteiger charge is -2.50. The van der Waals surface area contributed by atoms with E-state index in [-0.39, 0.29) is 53.2 Å². The molecule has 0 radical (unpaired) electrons. The van der Waals surface area contributed by atoms with Gasteiger partial charge in [0.2, 0.25) is 0 Å². The molecule has 1 aromatic carbocycles. The van der Waals surface area contributed by atoms with Gasteiger partial charge in [0.1, 0.15) is 30.0 Å². The fourth-order valence-corrected chi connectivity index (χ4v) is 7.84. The summed E-state index contributed by atoms with van der Waals surface area (Å²) in [4.78, 5) is 25.4. The van der Waals surface area contributed by atoms with E-state index >= 15 is 0 Å². The third kappa shape index (κ3) is 3.74. The van der Waals surface area contributed by atoms with Crippen LogP contribution in [0.5, 0.6) is 11.5 Å². The molecule has 11 nitrogen and oxygen atoms in total. The summed E-state index contributed by atoms with van der Waals surface area (Å²) in [6.45, 7) is 2.26. The van der Waals surface area contributed by atoms with Crippen LogP contribution in [0.3, 0.4) is 0 Å². The van der Waals surface area contributed by atoms with Gasteiger partial charge in [-0.15, -0.1) is 0 Å². The number of carbonyl (C=O) groups excluding carboxylic acids is 1. The van der Waals surface area contributed by atoms with E-state index in [1.165, 1.54) is 6.33 Å². The summed E-state index contributed by atoms with van der Waals surface area (Å²) in [6.07, 6.45) is 5.03. The Morgan fingerprint density at radius 3 is 2.77 bits per heavy atom. The van der Waals surface area contributed by atoms with Crippen LogP contribution in [0.15, 0.2) is 24.8 Å². The number of hydrogen-bond acceptors (Lipinski definition) is 10. The molecule has 2 saturated carbocycles. The maximum absolute atomic E-state index is 12.8. The molecule has 0 spiro atoms. The van der Waals surface area contributed by atoms with Gasteiger partial charge in [0, 0.05) is 18.3 Å². The summed E-state index contributed by atoms with van der Waals surface area (Å²) in [6, 6.07) is 3.28. The maximum Gasteiger partial charge on any atom is 0.167 e. The zero-order valence-electron chi connectivity index (χ0n) is 21.7. The van der Waals surface area contributed by atoms with Crippen molar-refractivity contribution in [1.82, 2.24) is 19.5 Å². The Morgan fingerprint density at radius 2 is 1.95 bits per heavy atom. The highest BCUT2D eigenvalue weighted by Crippen LogP contribution is 2.62. The van der Waals surface area contributed by atoms with Crippen molar-refractivity contribution in [1.29, 1.82) is 0 Å². The lowest BCUT2D eigenvalue weighted by molar-refractivity contribution is -0.130. The number of aliphatic hydroxyl groups excluding tert-OH is 1. The fourth-order valence-electron chi connectivity index (χ4n) is 7.84. The number of rotatable bonds is 4. The first-order chi connectivity index (χ1) is 18.7. The van der Waals surface area contributed by atoms with Crippen LogP contribution in [0.25, 0.3) is 11.2 Å². The Hall–Kier alpha value is -3.28. The molecule has 1 aliphatic heterocycles. The molecule has 1 saturated heterocycles. The van der Waals surface area contributed by atoms with Crippen LogP contribution in [-0.4, -0.2) is 59.4 Å². The number of aliphatic hydroxyl groups is 1. The van der Waals surface area contributed by atoms with Crippen LogP contribution in [-0.2, 0) is 14.3 Å². The second-order valence-corrected chi connectivity index (χ2v) is 11.8. The lowest BCUT2D eigenvalue weighted by Crippen LogP contribution is -2.43. The van der Waals surface area contributed by atoms with Gasteiger partial charge in [-0.05, 0) is 66.7 Å². The molecule has 8 atom stereocenters. The standard InChI is InChI=1S/C28H33N5O6/c1-28-5-4-13-14-6-18(34)19(35)7-16(14)21(8-15(13)17(28)2-3-23(28)37)38-10-22-20(36)9-24(39-22)33-12-32-25-26(29)30-11-31-27(25)33/h6-7,11-13,15,17,20-22,24,34-36H,2-5,8-10H2,1H3,(H2,29,30,31)/t13?,15?,17?,20-,21?,22+,24+,28-/m0/s1. The normalized spacial score (nSPS) is 35.6. The van der Waals surface area contributed by atoms with Crippen molar-refractivity contribution in [3.05, 3.63) is 35.9 Å². The quantitative estimate of drug-likeness (QED) is 0.365. The monoisotopic (exact) mass is 535 g/mol. The van der Waals surface area contributed by atoms with Gasteiger partial charge in [-0.25, -0.2) is 15.0 Å². The zero-order valence-corrected chi connectivity index (χ0v) is 21.7. The molecule has 7 rings (SSSR count). The lowest BCUT2D eigenvalue weighted by atomic mass is 9.55. The van der Waals surface area contributed by atoms with Crippen molar-refractivity contribution in [3.63, 3.8) is 0 Å². The number of imidazole rings is 1. The number of aromatic hydroxyl groups is 2. The Balaban J connectivity index is 1.13. The highest BCUT2D eigenvalue weighted by molar-refractivity contribution is 5.87. The van der Waals surface area contributed by atoms with E-state index in [0.717, 1.165) is 30.4 Å². The smallest absolute Gasteiger partial charge is 0.167 e. The van der Waals surface area contributed by atoms with Gasteiger partial charge in [-0.2, -0.15) is 0 Å². The number of nitrogens with two attached hydrogens (primary N) is 1. The van der Waals surface area contributed by atoms with Gasteiger partial charge >= 0.3 is 0 Å². The summed E-state index contributed by atoms with van der Waals surface area (Å²) in [5, 5.41) is 31.6. The second kappa shape index (κ2) is 8.87. The number of nitrogens with zero attached hydrogens (tertiary/aromatic N) is 4. The molecule has 3 aliphatic carbocycles. The number of Topliss-reactive ketones (excluding diaryl/α,β-unsaturated/α-hetero) is 1. The van der Waals surface area contributed by atoms with Gasteiger partial charge in [0.25, 0.3) is 0 Å². The SMILES string of the molecule is C[C@]12CCC3c4cc(O)c(O)cc4C(OC[C@H]4O[C@@H](n5cnc6c(N)ncnc65)C[C@@H]4O)CC3C1CCC2=O. The van der Waals surface area contributed by atoms with E-state index in [4.69, 9.17) is 15.2 Å². The molecule has 3 aromatic rings. The van der Waals surface area contributed by atoms with Gasteiger partial charge in [-0.3, -0.25) is 9.36 Å². The Kier molecular flexibility index (Phi) is 5.63. The second-order valence-electron chi connectivity index (χ2n) is 11.8. The summed E-state index contributed by atoms with van der Waals surface area (Å²) in [5.41, 5.74) is 8.48. The molecule has 3 fully saturated rings. The number of ketones is 1. The van der Waals surface area contributed by atoms with Crippen LogP contribution in [0.2, 0.25) is 0 Å². The molecule has 39 heavy (non-hydrogen) atoms. The number of phenols is 2. The average molecular weight is 536 g/mol. The fraction of sp³-hybridized carbons (Fsp3) is 0.571. The molecule has 206 valence electrons. The van der Waals surface area contributed by atoms with Crippen LogP contribution >= 0.6 is 0 Å². The molecule has 11 heteroatoms. The highest BCUT2D eigenvalue weighted by Gasteiger charge is 2.56. The van der Waals surface area contributed by atoms with Gasteiger partial charge in [0.15, 0.2) is 23.0 Å². The van der Waals surface area contributed by atoms with E-state index in [1.54, 1.807) is 23.0 Å². The number of hydrogen-bond donors (Lipinski definition) is 4. The first kappa shape index (κ1) is 24.7. The number of fused-ring (bicyclic) bond motifs is 6. The van der Waals surface area contributed by atoms with Crippen LogP contribution in [0.1, 0.15) is 74.8 Å². The van der Waals surface area contributed by atoms with Crippen molar-refractivity contribution < 1.29 is 29.6 Å². The first-order valence-corrected chi connectivity index (χ1v) is 13.7. The largest absolute Gasteiger partial charge is 0.504 e. The molecule has 4 unspecified atom stereocenters.